The van der Waals surface area contributed by atoms with Crippen molar-refractivity contribution in [1.29, 1.82) is 0 Å². The van der Waals surface area contributed by atoms with E-state index >= 15 is 0 Å². The van der Waals surface area contributed by atoms with E-state index in [0.29, 0.717) is 25.2 Å². The van der Waals surface area contributed by atoms with Gasteiger partial charge in [0.2, 0.25) is 0 Å². The fourth-order valence-corrected chi connectivity index (χ4v) is 2.69. The Hall–Kier alpha value is -0.900. The summed E-state index contributed by atoms with van der Waals surface area (Å²) in [6.45, 7) is 1.86. The van der Waals surface area contributed by atoms with Gasteiger partial charge in [-0.3, -0.25) is 0 Å². The Morgan fingerprint density at radius 1 is 1.22 bits per heavy atom. The van der Waals surface area contributed by atoms with Gasteiger partial charge in [-0.25, -0.2) is 0 Å². The lowest BCUT2D eigenvalue weighted by Gasteiger charge is -2.19. The first-order valence-corrected chi connectivity index (χ1v) is 6.74. The number of aliphatic hydroxyl groups excluding tert-OH is 1. The summed E-state index contributed by atoms with van der Waals surface area (Å²) in [5.41, 5.74) is 2.49. The molecule has 1 aliphatic rings. The van der Waals surface area contributed by atoms with Gasteiger partial charge in [-0.1, -0.05) is 30.7 Å². The van der Waals surface area contributed by atoms with Crippen molar-refractivity contribution in [3.63, 3.8) is 0 Å². The zero-order chi connectivity index (χ0) is 12.8. The molecule has 1 fully saturated rings. The van der Waals surface area contributed by atoms with Gasteiger partial charge in [-0.2, -0.15) is 0 Å². The van der Waals surface area contributed by atoms with Crippen LogP contribution in [-0.2, 0) is 17.9 Å². The molecule has 0 bridgehead atoms. The molecule has 3 nitrogen and oxygen atoms in total. The smallest absolute Gasteiger partial charge is 0.0713 e. The molecule has 0 aliphatic heterocycles. The zero-order valence-electron chi connectivity index (χ0n) is 11.1. The third-order valence-corrected chi connectivity index (χ3v) is 3.80. The zero-order valence-corrected chi connectivity index (χ0v) is 11.1. The van der Waals surface area contributed by atoms with Crippen LogP contribution in [0.4, 0.5) is 0 Å². The predicted molar refractivity (Wildman–Crippen MR) is 72.2 cm³/mol. The molecule has 2 unspecified atom stereocenters. The first kappa shape index (κ1) is 13.5. The predicted octanol–water partition coefficient (Wildman–Crippen LogP) is 2.08. The van der Waals surface area contributed by atoms with Crippen LogP contribution >= 0.6 is 0 Å². The Bertz CT molecular complexity index is 350. The molecule has 18 heavy (non-hydrogen) atoms. The molecule has 1 aliphatic carbocycles. The quantitative estimate of drug-likeness (QED) is 0.811. The summed E-state index contributed by atoms with van der Waals surface area (Å²) in [7, 11) is 1.71. The van der Waals surface area contributed by atoms with E-state index in [1.165, 1.54) is 24.0 Å². The maximum Gasteiger partial charge on any atom is 0.0713 e. The minimum absolute atomic E-state index is 0.310. The van der Waals surface area contributed by atoms with Gasteiger partial charge in [-0.15, -0.1) is 0 Å². The molecule has 0 amide bonds. The molecule has 1 aromatic carbocycles. The lowest BCUT2D eigenvalue weighted by molar-refractivity contribution is 0.185. The number of hydrogen-bond donors (Lipinski definition) is 2. The van der Waals surface area contributed by atoms with Gasteiger partial charge >= 0.3 is 0 Å². The number of benzene rings is 1. The number of hydrogen-bond acceptors (Lipinski definition) is 3. The second-order valence-corrected chi connectivity index (χ2v) is 5.11. The molecule has 1 aromatic rings. The van der Waals surface area contributed by atoms with Crippen LogP contribution in [0.15, 0.2) is 24.3 Å². The van der Waals surface area contributed by atoms with Crippen molar-refractivity contribution in [2.24, 2.45) is 5.92 Å². The molecule has 3 heteroatoms. The van der Waals surface area contributed by atoms with Crippen LogP contribution in [0.25, 0.3) is 0 Å². The Kier molecular flexibility index (Phi) is 5.17. The van der Waals surface area contributed by atoms with E-state index < -0.39 is 0 Å². The van der Waals surface area contributed by atoms with Crippen molar-refractivity contribution in [3.05, 3.63) is 35.4 Å². The van der Waals surface area contributed by atoms with Crippen LogP contribution in [0.1, 0.15) is 30.4 Å². The van der Waals surface area contributed by atoms with Crippen LogP contribution in [-0.4, -0.2) is 24.9 Å². The standard InChI is InChI=1S/C15H23NO2/c1-18-11-13-7-5-12(6-8-13)9-16-15-4-2-3-14(15)10-17/h5-8,14-17H,2-4,9-11H2,1H3. The summed E-state index contributed by atoms with van der Waals surface area (Å²) in [5, 5.41) is 12.8. The normalized spacial score (nSPS) is 23.4. The second kappa shape index (κ2) is 6.88. The van der Waals surface area contributed by atoms with Gasteiger partial charge in [0.1, 0.15) is 0 Å². The fraction of sp³-hybridized carbons (Fsp3) is 0.600. The van der Waals surface area contributed by atoms with E-state index in [-0.39, 0.29) is 0 Å². The van der Waals surface area contributed by atoms with E-state index in [1.807, 2.05) is 0 Å². The largest absolute Gasteiger partial charge is 0.396 e. The van der Waals surface area contributed by atoms with Crippen LogP contribution < -0.4 is 5.32 Å². The van der Waals surface area contributed by atoms with Crippen LogP contribution in [0.2, 0.25) is 0 Å². The monoisotopic (exact) mass is 249 g/mol. The lowest BCUT2D eigenvalue weighted by Crippen LogP contribution is -2.33. The van der Waals surface area contributed by atoms with Crippen molar-refractivity contribution in [1.82, 2.24) is 5.32 Å². The minimum Gasteiger partial charge on any atom is -0.396 e. The number of methoxy groups -OCH3 is 1. The molecular weight excluding hydrogens is 226 g/mol. The highest BCUT2D eigenvalue weighted by Gasteiger charge is 2.25. The number of aliphatic hydroxyl groups is 1. The number of nitrogens with one attached hydrogen (secondary N) is 1. The lowest BCUT2D eigenvalue weighted by atomic mass is 10.0. The molecule has 0 saturated heterocycles. The summed E-state index contributed by atoms with van der Waals surface area (Å²) in [6.07, 6.45) is 3.57. The highest BCUT2D eigenvalue weighted by molar-refractivity contribution is 5.22. The Labute approximate surface area is 109 Å². The number of rotatable bonds is 6. The first-order valence-electron chi connectivity index (χ1n) is 6.74. The molecule has 0 heterocycles. The molecule has 0 aromatic heterocycles. The third kappa shape index (κ3) is 3.55. The highest BCUT2D eigenvalue weighted by Crippen LogP contribution is 2.25. The van der Waals surface area contributed by atoms with Gasteiger partial charge in [0.15, 0.2) is 0 Å². The van der Waals surface area contributed by atoms with E-state index in [2.05, 4.69) is 29.6 Å². The summed E-state index contributed by atoms with van der Waals surface area (Å²) in [4.78, 5) is 0. The Morgan fingerprint density at radius 2 is 1.94 bits per heavy atom. The molecular formula is C15H23NO2. The van der Waals surface area contributed by atoms with Crippen LogP contribution in [0, 0.1) is 5.92 Å². The summed E-state index contributed by atoms with van der Waals surface area (Å²) in [5.74, 6) is 0.442. The maximum absolute atomic E-state index is 9.28. The minimum atomic E-state index is 0.310. The summed E-state index contributed by atoms with van der Waals surface area (Å²) in [6, 6.07) is 8.99. The second-order valence-electron chi connectivity index (χ2n) is 5.11. The van der Waals surface area contributed by atoms with Gasteiger partial charge in [0, 0.05) is 26.3 Å². The molecule has 2 N–H and O–H groups in total. The first-order chi connectivity index (χ1) is 8.83. The summed E-state index contributed by atoms with van der Waals surface area (Å²) < 4.78 is 5.09. The van der Waals surface area contributed by atoms with E-state index in [4.69, 9.17) is 4.74 Å². The molecule has 2 rings (SSSR count). The van der Waals surface area contributed by atoms with Crippen molar-refractivity contribution in [2.45, 2.75) is 38.5 Å². The van der Waals surface area contributed by atoms with Gasteiger partial charge < -0.3 is 15.2 Å². The fourth-order valence-electron chi connectivity index (χ4n) is 2.69. The topological polar surface area (TPSA) is 41.5 Å². The Morgan fingerprint density at radius 3 is 2.61 bits per heavy atom. The van der Waals surface area contributed by atoms with Crippen LogP contribution in [0.3, 0.4) is 0 Å². The molecule has 0 spiro atoms. The highest BCUT2D eigenvalue weighted by atomic mass is 16.5. The average molecular weight is 249 g/mol. The maximum atomic E-state index is 9.28. The van der Waals surface area contributed by atoms with Crippen molar-refractivity contribution in [2.75, 3.05) is 13.7 Å². The van der Waals surface area contributed by atoms with Crippen LogP contribution in [0.5, 0.6) is 0 Å². The molecule has 0 radical (unpaired) electrons. The summed E-state index contributed by atoms with van der Waals surface area (Å²) >= 11 is 0. The number of ether oxygens (including phenoxy) is 1. The molecule has 1 saturated carbocycles. The van der Waals surface area contributed by atoms with Gasteiger partial charge in [0.25, 0.3) is 0 Å². The van der Waals surface area contributed by atoms with Crippen molar-refractivity contribution < 1.29 is 9.84 Å². The van der Waals surface area contributed by atoms with Gasteiger partial charge in [0.05, 0.1) is 6.61 Å². The van der Waals surface area contributed by atoms with E-state index in [9.17, 15) is 5.11 Å². The molecule has 2 atom stereocenters. The van der Waals surface area contributed by atoms with E-state index in [0.717, 1.165) is 13.0 Å². The average Bonchev–Trinajstić information content (AvgIpc) is 2.86. The molecule has 100 valence electrons. The SMILES string of the molecule is COCc1ccc(CNC2CCCC2CO)cc1. The van der Waals surface area contributed by atoms with Crippen molar-refractivity contribution >= 4 is 0 Å². The van der Waals surface area contributed by atoms with Gasteiger partial charge in [-0.05, 0) is 29.9 Å². The third-order valence-electron chi connectivity index (χ3n) is 3.80. The van der Waals surface area contributed by atoms with Crippen molar-refractivity contribution in [3.8, 4) is 0 Å². The Balaban J connectivity index is 1.82. The van der Waals surface area contributed by atoms with E-state index in [1.54, 1.807) is 7.11 Å².